The van der Waals surface area contributed by atoms with Crippen molar-refractivity contribution in [2.24, 2.45) is 7.05 Å². The van der Waals surface area contributed by atoms with Crippen LogP contribution in [-0.4, -0.2) is 48.0 Å². The molecule has 2 aromatic rings. The average Bonchev–Trinajstić information content (AvgIpc) is 3.01. The molecule has 0 aliphatic carbocycles. The molecule has 0 amide bonds. The van der Waals surface area contributed by atoms with Crippen molar-refractivity contribution in [3.05, 3.63) is 42.1 Å². The smallest absolute Gasteiger partial charge is 0.368 e. The van der Waals surface area contributed by atoms with Gasteiger partial charge in [0.15, 0.2) is 5.03 Å². The molecule has 0 spiro atoms. The summed E-state index contributed by atoms with van der Waals surface area (Å²) in [6.45, 7) is 1.70. The number of hydrogen-bond donors (Lipinski definition) is 0. The normalized spacial score (nSPS) is 19.5. The fourth-order valence-corrected chi connectivity index (χ4v) is 4.75. The summed E-state index contributed by atoms with van der Waals surface area (Å²) in [6.07, 6.45) is -1.98. The minimum atomic E-state index is -4.71. The Hall–Kier alpha value is -2.14. The van der Waals surface area contributed by atoms with Gasteiger partial charge in [0.2, 0.25) is 0 Å². The Labute approximate surface area is 154 Å². The van der Waals surface area contributed by atoms with Crippen LogP contribution in [-0.2, 0) is 23.2 Å². The van der Waals surface area contributed by atoms with Gasteiger partial charge in [-0.2, -0.15) is 17.5 Å². The van der Waals surface area contributed by atoms with Crippen molar-refractivity contribution in [1.82, 2.24) is 13.9 Å². The Kier molecular flexibility index (Phi) is 4.93. The van der Waals surface area contributed by atoms with Crippen LogP contribution in [0.25, 0.3) is 0 Å². The standard InChI is InChI=1S/C16H18F4N4O2S/c1-11-8-23(14-4-3-12(17)7-13(14)16(18,19)20)5-6-24(11)27(25,26)15-9-22(2)10-21-15/h3-4,7,9-11H,5-6,8H2,1-2H3/t11-/m1/s1. The minimum Gasteiger partial charge on any atom is -0.368 e. The summed E-state index contributed by atoms with van der Waals surface area (Å²) in [7, 11) is -2.21. The van der Waals surface area contributed by atoms with Crippen molar-refractivity contribution < 1.29 is 26.0 Å². The van der Waals surface area contributed by atoms with E-state index in [9.17, 15) is 26.0 Å². The number of piperazine rings is 1. The van der Waals surface area contributed by atoms with Crippen LogP contribution >= 0.6 is 0 Å². The van der Waals surface area contributed by atoms with Crippen molar-refractivity contribution in [2.45, 2.75) is 24.2 Å². The largest absolute Gasteiger partial charge is 0.418 e. The van der Waals surface area contributed by atoms with E-state index in [1.807, 2.05) is 0 Å². The molecule has 1 aliphatic rings. The summed E-state index contributed by atoms with van der Waals surface area (Å²) in [6, 6.07) is 1.91. The Balaban J connectivity index is 1.86. The van der Waals surface area contributed by atoms with Crippen LogP contribution in [0.15, 0.2) is 35.7 Å². The van der Waals surface area contributed by atoms with E-state index in [0.29, 0.717) is 6.07 Å². The van der Waals surface area contributed by atoms with Crippen molar-refractivity contribution in [2.75, 3.05) is 24.5 Å². The van der Waals surface area contributed by atoms with Crippen LogP contribution in [0.5, 0.6) is 0 Å². The van der Waals surface area contributed by atoms with Crippen molar-refractivity contribution in [1.29, 1.82) is 0 Å². The van der Waals surface area contributed by atoms with Gasteiger partial charge in [-0.05, 0) is 25.1 Å². The van der Waals surface area contributed by atoms with Gasteiger partial charge in [-0.3, -0.25) is 0 Å². The molecule has 2 heterocycles. The summed E-state index contributed by atoms with van der Waals surface area (Å²) < 4.78 is 81.3. The van der Waals surface area contributed by atoms with Gasteiger partial charge in [0, 0.05) is 44.6 Å². The molecule has 1 atom stereocenters. The van der Waals surface area contributed by atoms with Crippen LogP contribution in [0.1, 0.15) is 12.5 Å². The Morgan fingerprint density at radius 3 is 2.48 bits per heavy atom. The third kappa shape index (κ3) is 3.79. The molecular formula is C16H18F4N4O2S. The molecule has 27 heavy (non-hydrogen) atoms. The predicted octanol–water partition coefficient (Wildman–Crippen LogP) is 2.48. The topological polar surface area (TPSA) is 58.4 Å². The molecule has 1 aromatic carbocycles. The number of halogens is 4. The fourth-order valence-electron chi connectivity index (χ4n) is 3.17. The zero-order valence-electron chi connectivity index (χ0n) is 14.6. The van der Waals surface area contributed by atoms with Gasteiger partial charge in [-0.15, -0.1) is 0 Å². The monoisotopic (exact) mass is 406 g/mol. The molecule has 6 nitrogen and oxygen atoms in total. The van der Waals surface area contributed by atoms with Gasteiger partial charge < -0.3 is 9.47 Å². The van der Waals surface area contributed by atoms with E-state index in [1.165, 1.54) is 26.3 Å². The number of aromatic nitrogens is 2. The number of imidazole rings is 1. The van der Waals surface area contributed by atoms with Gasteiger partial charge in [0.05, 0.1) is 11.9 Å². The fraction of sp³-hybridized carbons (Fsp3) is 0.438. The third-order valence-corrected chi connectivity index (χ3v) is 6.32. The molecule has 1 fully saturated rings. The maximum Gasteiger partial charge on any atom is 0.418 e. The highest BCUT2D eigenvalue weighted by molar-refractivity contribution is 7.89. The number of nitrogens with zero attached hydrogens (tertiary/aromatic N) is 4. The highest BCUT2D eigenvalue weighted by atomic mass is 32.2. The number of alkyl halides is 3. The number of anilines is 1. The first kappa shape index (κ1) is 19.6. The first-order valence-corrected chi connectivity index (χ1v) is 9.55. The highest BCUT2D eigenvalue weighted by Gasteiger charge is 2.39. The van der Waals surface area contributed by atoms with Crippen LogP contribution in [0.4, 0.5) is 23.2 Å². The number of hydrogen-bond acceptors (Lipinski definition) is 4. The SMILES string of the molecule is C[C@@H]1CN(c2ccc(F)cc2C(F)(F)F)CCN1S(=O)(=O)c1cn(C)cn1. The molecule has 1 aromatic heterocycles. The maximum atomic E-state index is 13.3. The Bertz CT molecular complexity index is 942. The second-order valence-corrected chi connectivity index (χ2v) is 8.28. The van der Waals surface area contributed by atoms with E-state index in [4.69, 9.17) is 0 Å². The zero-order valence-corrected chi connectivity index (χ0v) is 15.4. The van der Waals surface area contributed by atoms with Crippen LogP contribution in [0.2, 0.25) is 0 Å². The zero-order chi connectivity index (χ0) is 20.0. The minimum absolute atomic E-state index is 0.00521. The van der Waals surface area contributed by atoms with Gasteiger partial charge in [0.1, 0.15) is 5.82 Å². The second kappa shape index (κ2) is 6.79. The van der Waals surface area contributed by atoms with Crippen molar-refractivity contribution in [3.63, 3.8) is 0 Å². The summed E-state index contributed by atoms with van der Waals surface area (Å²) in [5.41, 5.74) is -1.23. The molecule has 11 heteroatoms. The molecule has 148 valence electrons. The van der Waals surface area contributed by atoms with Crippen LogP contribution in [0.3, 0.4) is 0 Å². The van der Waals surface area contributed by atoms with E-state index < -0.39 is 33.6 Å². The molecule has 0 saturated carbocycles. The molecule has 1 aliphatic heterocycles. The molecule has 0 unspecified atom stereocenters. The third-order valence-electron chi connectivity index (χ3n) is 4.43. The summed E-state index contributed by atoms with van der Waals surface area (Å²) >= 11 is 0. The van der Waals surface area contributed by atoms with Crippen molar-refractivity contribution in [3.8, 4) is 0 Å². The van der Waals surface area contributed by atoms with Crippen LogP contribution in [0, 0.1) is 5.82 Å². The van der Waals surface area contributed by atoms with Gasteiger partial charge in [0.25, 0.3) is 10.0 Å². The number of benzene rings is 1. The summed E-state index contributed by atoms with van der Waals surface area (Å²) in [5, 5.41) is -0.108. The van der Waals surface area contributed by atoms with Crippen LogP contribution < -0.4 is 4.90 Å². The van der Waals surface area contributed by atoms with Gasteiger partial charge in [-0.25, -0.2) is 17.8 Å². The molecule has 0 N–H and O–H groups in total. The van der Waals surface area contributed by atoms with Gasteiger partial charge in [-0.1, -0.05) is 0 Å². The highest BCUT2D eigenvalue weighted by Crippen LogP contribution is 2.38. The first-order valence-electron chi connectivity index (χ1n) is 8.11. The summed E-state index contributed by atoms with van der Waals surface area (Å²) in [5.74, 6) is -0.976. The number of aryl methyl sites for hydroxylation is 1. The lowest BCUT2D eigenvalue weighted by Crippen LogP contribution is -2.54. The molecule has 3 rings (SSSR count). The number of sulfonamides is 1. The van der Waals surface area contributed by atoms with E-state index >= 15 is 0 Å². The van der Waals surface area contributed by atoms with Crippen molar-refractivity contribution >= 4 is 15.7 Å². The molecule has 0 radical (unpaired) electrons. The average molecular weight is 406 g/mol. The quantitative estimate of drug-likeness (QED) is 0.735. The Morgan fingerprint density at radius 1 is 1.22 bits per heavy atom. The number of rotatable bonds is 3. The lowest BCUT2D eigenvalue weighted by atomic mass is 10.1. The lowest BCUT2D eigenvalue weighted by Gasteiger charge is -2.40. The Morgan fingerprint density at radius 2 is 1.93 bits per heavy atom. The van der Waals surface area contributed by atoms with E-state index in [0.717, 1.165) is 12.1 Å². The predicted molar refractivity (Wildman–Crippen MR) is 90.2 cm³/mol. The maximum absolute atomic E-state index is 13.3. The second-order valence-electron chi connectivity index (χ2n) is 6.45. The summed E-state index contributed by atoms with van der Waals surface area (Å²) in [4.78, 5) is 5.29. The van der Waals surface area contributed by atoms with E-state index in [-0.39, 0.29) is 30.3 Å². The van der Waals surface area contributed by atoms with E-state index in [2.05, 4.69) is 4.98 Å². The first-order chi connectivity index (χ1) is 12.5. The molecule has 0 bridgehead atoms. The molecular weight excluding hydrogens is 388 g/mol. The van der Waals surface area contributed by atoms with Gasteiger partial charge >= 0.3 is 6.18 Å². The van der Waals surface area contributed by atoms with E-state index in [1.54, 1.807) is 14.0 Å². The lowest BCUT2D eigenvalue weighted by molar-refractivity contribution is -0.137. The molecule has 1 saturated heterocycles.